The summed E-state index contributed by atoms with van der Waals surface area (Å²) in [4.78, 5) is 25.1. The first-order valence-corrected chi connectivity index (χ1v) is 9.57. The van der Waals surface area contributed by atoms with Crippen molar-refractivity contribution in [2.24, 2.45) is 0 Å². The van der Waals surface area contributed by atoms with Gasteiger partial charge in [-0.15, -0.1) is 0 Å². The number of benzene rings is 3. The van der Waals surface area contributed by atoms with Crippen LogP contribution in [0.15, 0.2) is 66.4 Å². The molecule has 3 aromatic rings. The molecule has 0 N–H and O–H groups in total. The van der Waals surface area contributed by atoms with Gasteiger partial charge in [-0.05, 0) is 55.5 Å². The Balaban J connectivity index is 1.58. The molecule has 1 heterocycles. The number of ketones is 1. The summed E-state index contributed by atoms with van der Waals surface area (Å²) >= 11 is 0. The lowest BCUT2D eigenvalue weighted by molar-refractivity contribution is 0.0734. The molecule has 0 unspecified atom stereocenters. The summed E-state index contributed by atoms with van der Waals surface area (Å²) in [5.74, 6) is 1.21. The monoisotopic (exact) mass is 416 g/mol. The van der Waals surface area contributed by atoms with Crippen LogP contribution in [-0.2, 0) is 0 Å². The van der Waals surface area contributed by atoms with Crippen molar-refractivity contribution in [3.8, 4) is 23.0 Å². The molecular weight excluding hydrogens is 396 g/mol. The van der Waals surface area contributed by atoms with Crippen LogP contribution in [0.4, 0.5) is 0 Å². The molecule has 0 aliphatic carbocycles. The third-order valence-corrected chi connectivity index (χ3v) is 4.86. The Morgan fingerprint density at radius 3 is 2.35 bits per heavy atom. The second-order valence-corrected chi connectivity index (χ2v) is 6.96. The number of hydrogen-bond acceptors (Lipinski definition) is 6. The van der Waals surface area contributed by atoms with Gasteiger partial charge < -0.3 is 18.9 Å². The average Bonchev–Trinajstić information content (AvgIpc) is 3.08. The molecule has 0 bridgehead atoms. The smallest absolute Gasteiger partial charge is 0.343 e. The molecule has 0 atom stereocenters. The average molecular weight is 416 g/mol. The van der Waals surface area contributed by atoms with Gasteiger partial charge in [-0.2, -0.15) is 0 Å². The van der Waals surface area contributed by atoms with E-state index in [1.54, 1.807) is 62.8 Å². The van der Waals surface area contributed by atoms with Crippen molar-refractivity contribution in [3.05, 3.63) is 88.7 Å². The number of allylic oxidation sites excluding steroid dienone is 1. The van der Waals surface area contributed by atoms with E-state index in [9.17, 15) is 9.59 Å². The second-order valence-electron chi connectivity index (χ2n) is 6.96. The fourth-order valence-corrected chi connectivity index (χ4v) is 3.18. The molecular formula is C25H20O6. The van der Waals surface area contributed by atoms with Gasteiger partial charge in [0, 0.05) is 11.6 Å². The Morgan fingerprint density at radius 2 is 1.65 bits per heavy atom. The number of hydrogen-bond donors (Lipinski definition) is 0. The maximum Gasteiger partial charge on any atom is 0.343 e. The minimum atomic E-state index is -0.485. The SMILES string of the molecule is COc1ccc(OC)c(/C=C2\Oc3cc(OC(=O)c4ccc(C)cc4)ccc3C2=O)c1. The number of methoxy groups -OCH3 is 2. The van der Waals surface area contributed by atoms with E-state index < -0.39 is 5.97 Å². The molecule has 0 aromatic heterocycles. The molecule has 3 aromatic carbocycles. The Hall–Kier alpha value is -4.06. The van der Waals surface area contributed by atoms with Crippen molar-refractivity contribution in [2.75, 3.05) is 14.2 Å². The number of esters is 1. The third kappa shape index (κ3) is 4.14. The predicted octanol–water partition coefficient (Wildman–Crippen LogP) is 4.85. The molecule has 0 saturated heterocycles. The first-order valence-electron chi connectivity index (χ1n) is 9.57. The van der Waals surface area contributed by atoms with Gasteiger partial charge in [0.15, 0.2) is 5.76 Å². The molecule has 0 amide bonds. The molecule has 0 saturated carbocycles. The number of ether oxygens (including phenoxy) is 4. The van der Waals surface area contributed by atoms with Crippen LogP contribution >= 0.6 is 0 Å². The van der Waals surface area contributed by atoms with Gasteiger partial charge in [0.1, 0.15) is 23.0 Å². The molecule has 4 rings (SSSR count). The first-order chi connectivity index (χ1) is 15.0. The van der Waals surface area contributed by atoms with E-state index in [1.165, 1.54) is 6.07 Å². The Bertz CT molecular complexity index is 1190. The number of aryl methyl sites for hydroxylation is 1. The van der Waals surface area contributed by atoms with E-state index in [1.807, 2.05) is 19.1 Å². The predicted molar refractivity (Wildman–Crippen MR) is 115 cm³/mol. The van der Waals surface area contributed by atoms with Crippen molar-refractivity contribution in [2.45, 2.75) is 6.92 Å². The van der Waals surface area contributed by atoms with Crippen molar-refractivity contribution in [3.63, 3.8) is 0 Å². The second kappa shape index (κ2) is 8.36. The summed E-state index contributed by atoms with van der Waals surface area (Å²) < 4.78 is 21.8. The topological polar surface area (TPSA) is 71.1 Å². The molecule has 1 aliphatic heterocycles. The Kier molecular flexibility index (Phi) is 5.45. The summed E-state index contributed by atoms with van der Waals surface area (Å²) in [7, 11) is 3.11. The zero-order chi connectivity index (χ0) is 22.0. The van der Waals surface area contributed by atoms with Crippen molar-refractivity contribution >= 4 is 17.8 Å². The van der Waals surface area contributed by atoms with Gasteiger partial charge in [-0.3, -0.25) is 4.79 Å². The highest BCUT2D eigenvalue weighted by molar-refractivity contribution is 6.14. The van der Waals surface area contributed by atoms with E-state index in [2.05, 4.69) is 0 Å². The molecule has 0 radical (unpaired) electrons. The van der Waals surface area contributed by atoms with E-state index >= 15 is 0 Å². The highest BCUT2D eigenvalue weighted by Gasteiger charge is 2.28. The van der Waals surface area contributed by atoms with Gasteiger partial charge in [-0.1, -0.05) is 17.7 Å². The quantitative estimate of drug-likeness (QED) is 0.336. The van der Waals surface area contributed by atoms with Crippen molar-refractivity contribution in [1.29, 1.82) is 0 Å². The standard InChI is InChI=1S/C25H20O6/c1-15-4-6-16(7-5-15)25(27)30-19-8-10-20-22(14-19)31-23(24(20)26)13-17-12-18(28-2)9-11-21(17)29-3/h4-14H,1-3H3/b23-13-. The van der Waals surface area contributed by atoms with Gasteiger partial charge in [0.2, 0.25) is 5.78 Å². The third-order valence-electron chi connectivity index (χ3n) is 4.86. The van der Waals surface area contributed by atoms with Crippen molar-refractivity contribution in [1.82, 2.24) is 0 Å². The molecule has 156 valence electrons. The Labute approximate surface area is 179 Å². The van der Waals surface area contributed by atoms with Crippen LogP contribution in [0.3, 0.4) is 0 Å². The lowest BCUT2D eigenvalue weighted by atomic mass is 10.1. The van der Waals surface area contributed by atoms with Crippen molar-refractivity contribution < 1.29 is 28.5 Å². The maximum atomic E-state index is 12.8. The van der Waals surface area contributed by atoms with Gasteiger partial charge in [0.05, 0.1) is 25.3 Å². The number of fused-ring (bicyclic) bond motifs is 1. The summed E-state index contributed by atoms with van der Waals surface area (Å²) in [5.41, 5.74) is 2.52. The van der Waals surface area contributed by atoms with Crippen LogP contribution in [0.25, 0.3) is 6.08 Å². The van der Waals surface area contributed by atoms with Crippen LogP contribution in [0, 0.1) is 6.92 Å². The highest BCUT2D eigenvalue weighted by Crippen LogP contribution is 2.36. The van der Waals surface area contributed by atoms with Crippen LogP contribution in [0.1, 0.15) is 31.8 Å². The maximum absolute atomic E-state index is 12.8. The number of carbonyl (C=O) groups excluding carboxylic acids is 2. The first kappa shape index (κ1) is 20.2. The summed E-state index contributed by atoms with van der Waals surface area (Å²) in [6.07, 6.45) is 1.60. The summed E-state index contributed by atoms with van der Waals surface area (Å²) in [5, 5.41) is 0. The largest absolute Gasteiger partial charge is 0.497 e. The fraction of sp³-hybridized carbons (Fsp3) is 0.120. The minimum absolute atomic E-state index is 0.142. The lowest BCUT2D eigenvalue weighted by Gasteiger charge is -2.08. The number of Topliss-reactive ketones (excluding diaryl/α,β-unsaturated/α-hetero) is 1. The van der Waals surface area contributed by atoms with E-state index in [0.29, 0.717) is 33.9 Å². The normalized spacial score (nSPS) is 13.5. The van der Waals surface area contributed by atoms with Crippen LogP contribution in [0.5, 0.6) is 23.0 Å². The van der Waals surface area contributed by atoms with E-state index in [-0.39, 0.29) is 17.3 Å². The van der Waals surface area contributed by atoms with Crippen LogP contribution in [0.2, 0.25) is 0 Å². The van der Waals surface area contributed by atoms with Gasteiger partial charge in [0.25, 0.3) is 0 Å². The summed E-state index contributed by atoms with van der Waals surface area (Å²) in [6.45, 7) is 1.94. The molecule has 6 nitrogen and oxygen atoms in total. The van der Waals surface area contributed by atoms with E-state index in [4.69, 9.17) is 18.9 Å². The Morgan fingerprint density at radius 1 is 0.903 bits per heavy atom. The van der Waals surface area contributed by atoms with Crippen LogP contribution < -0.4 is 18.9 Å². The highest BCUT2D eigenvalue weighted by atomic mass is 16.5. The molecule has 0 spiro atoms. The number of carbonyl (C=O) groups is 2. The van der Waals surface area contributed by atoms with Gasteiger partial charge >= 0.3 is 5.97 Å². The fourth-order valence-electron chi connectivity index (χ4n) is 3.18. The lowest BCUT2D eigenvalue weighted by Crippen LogP contribution is -2.08. The zero-order valence-corrected chi connectivity index (χ0v) is 17.3. The summed E-state index contributed by atoms with van der Waals surface area (Å²) in [6, 6.07) is 17.0. The molecule has 1 aliphatic rings. The molecule has 31 heavy (non-hydrogen) atoms. The molecule has 6 heteroatoms. The van der Waals surface area contributed by atoms with Gasteiger partial charge in [-0.25, -0.2) is 4.79 Å². The van der Waals surface area contributed by atoms with Crippen LogP contribution in [-0.4, -0.2) is 26.0 Å². The minimum Gasteiger partial charge on any atom is -0.497 e. The number of rotatable bonds is 5. The van der Waals surface area contributed by atoms with E-state index in [0.717, 1.165) is 5.56 Å². The molecule has 0 fully saturated rings. The zero-order valence-electron chi connectivity index (χ0n) is 17.3.